The van der Waals surface area contributed by atoms with Crippen LogP contribution in [0.15, 0.2) is 42.6 Å². The average Bonchev–Trinajstić information content (AvgIpc) is 2.47. The van der Waals surface area contributed by atoms with Crippen LogP contribution >= 0.6 is 0 Å². The van der Waals surface area contributed by atoms with E-state index in [1.807, 2.05) is 19.1 Å². The van der Waals surface area contributed by atoms with Crippen LogP contribution in [0.1, 0.15) is 17.4 Å². The number of pyridine rings is 1. The summed E-state index contributed by atoms with van der Waals surface area (Å²) in [5.74, 6) is 0.0785. The minimum atomic E-state index is -0.393. The summed E-state index contributed by atoms with van der Waals surface area (Å²) in [7, 11) is 1.62. The Morgan fingerprint density at radius 2 is 2.05 bits per heavy atom. The molecule has 1 heterocycles. The molecule has 20 heavy (non-hydrogen) atoms. The molecule has 5 nitrogen and oxygen atoms in total. The van der Waals surface area contributed by atoms with Crippen LogP contribution in [0.5, 0.6) is 11.5 Å². The van der Waals surface area contributed by atoms with Crippen molar-refractivity contribution >= 4 is 11.6 Å². The number of para-hydroxylation sites is 2. The van der Waals surface area contributed by atoms with Crippen LogP contribution in [-0.2, 0) is 0 Å². The zero-order valence-electron chi connectivity index (χ0n) is 11.4. The van der Waals surface area contributed by atoms with Gasteiger partial charge in [-0.1, -0.05) is 12.1 Å². The summed E-state index contributed by atoms with van der Waals surface area (Å²) in [6.45, 7) is 2.39. The molecule has 104 valence electrons. The number of anilines is 1. The maximum Gasteiger partial charge on any atom is 0.280 e. The highest BCUT2D eigenvalue weighted by Crippen LogP contribution is 2.28. The van der Waals surface area contributed by atoms with Crippen molar-refractivity contribution in [2.45, 2.75) is 6.92 Å². The van der Waals surface area contributed by atoms with Gasteiger partial charge in [-0.2, -0.15) is 0 Å². The zero-order valence-corrected chi connectivity index (χ0v) is 11.4. The molecule has 1 aromatic heterocycles. The Morgan fingerprint density at radius 3 is 2.75 bits per heavy atom. The second kappa shape index (κ2) is 6.06. The Kier molecular flexibility index (Phi) is 4.20. The maximum atomic E-state index is 12.4. The van der Waals surface area contributed by atoms with Crippen LogP contribution in [-0.4, -0.2) is 29.7 Å². The van der Waals surface area contributed by atoms with Gasteiger partial charge in [0.1, 0.15) is 11.5 Å². The number of hydrogen-bond donors (Lipinski definition) is 1. The van der Waals surface area contributed by atoms with E-state index in [1.165, 1.54) is 17.2 Å². The molecule has 0 atom stereocenters. The molecule has 1 aromatic carbocycles. The zero-order chi connectivity index (χ0) is 14.5. The third-order valence-electron chi connectivity index (χ3n) is 2.82. The molecule has 0 bridgehead atoms. The lowest BCUT2D eigenvalue weighted by Gasteiger charge is -2.20. The molecule has 0 saturated carbocycles. The molecule has 0 saturated heterocycles. The van der Waals surface area contributed by atoms with Crippen LogP contribution < -0.4 is 9.64 Å². The van der Waals surface area contributed by atoms with Crippen LogP contribution in [0.4, 0.5) is 5.69 Å². The second-order valence-corrected chi connectivity index (χ2v) is 4.14. The molecule has 0 fully saturated rings. The van der Waals surface area contributed by atoms with Gasteiger partial charge in [-0.25, -0.2) is 4.98 Å². The SMILES string of the molecule is CCOc1ccccc1N(C)C(=O)c1ncccc1O. The lowest BCUT2D eigenvalue weighted by atomic mass is 10.2. The van der Waals surface area contributed by atoms with Crippen molar-refractivity contribution in [1.29, 1.82) is 0 Å². The first-order chi connectivity index (χ1) is 9.65. The Morgan fingerprint density at radius 1 is 1.30 bits per heavy atom. The number of amides is 1. The van der Waals surface area contributed by atoms with Crippen molar-refractivity contribution in [2.24, 2.45) is 0 Å². The smallest absolute Gasteiger partial charge is 0.280 e. The highest BCUT2D eigenvalue weighted by atomic mass is 16.5. The standard InChI is InChI=1S/C15H16N2O3/c1-3-20-13-9-5-4-7-11(13)17(2)15(19)14-12(18)8-6-10-16-14/h4-10,18H,3H2,1-2H3. The monoisotopic (exact) mass is 272 g/mol. The Bertz CT molecular complexity index is 614. The summed E-state index contributed by atoms with van der Waals surface area (Å²) in [6.07, 6.45) is 1.47. The number of ether oxygens (including phenoxy) is 1. The van der Waals surface area contributed by atoms with E-state index < -0.39 is 5.91 Å². The lowest BCUT2D eigenvalue weighted by molar-refractivity contribution is 0.0984. The number of benzene rings is 1. The number of nitrogens with zero attached hydrogens (tertiary/aromatic N) is 2. The van der Waals surface area contributed by atoms with Crippen LogP contribution in [0.3, 0.4) is 0 Å². The van der Waals surface area contributed by atoms with Crippen LogP contribution in [0.2, 0.25) is 0 Å². The molecule has 0 aliphatic rings. The van der Waals surface area contributed by atoms with E-state index in [9.17, 15) is 9.90 Å². The number of hydrogen-bond acceptors (Lipinski definition) is 4. The van der Waals surface area contributed by atoms with E-state index in [-0.39, 0.29) is 11.4 Å². The van der Waals surface area contributed by atoms with Gasteiger partial charge >= 0.3 is 0 Å². The molecule has 0 aliphatic heterocycles. The van der Waals surface area contributed by atoms with Crippen molar-refractivity contribution in [1.82, 2.24) is 4.98 Å². The molecule has 0 radical (unpaired) electrons. The molecule has 5 heteroatoms. The molecular formula is C15H16N2O3. The van der Waals surface area contributed by atoms with E-state index >= 15 is 0 Å². The van der Waals surface area contributed by atoms with Gasteiger partial charge < -0.3 is 14.7 Å². The van der Waals surface area contributed by atoms with Gasteiger partial charge in [0.2, 0.25) is 0 Å². The summed E-state index contributed by atoms with van der Waals surface area (Å²) in [4.78, 5) is 17.7. The van der Waals surface area contributed by atoms with Gasteiger partial charge in [-0.05, 0) is 31.2 Å². The van der Waals surface area contributed by atoms with E-state index in [0.717, 1.165) is 0 Å². The molecule has 2 rings (SSSR count). The minimum Gasteiger partial charge on any atom is -0.505 e. The lowest BCUT2D eigenvalue weighted by Crippen LogP contribution is -2.27. The Labute approximate surface area is 117 Å². The van der Waals surface area contributed by atoms with Crippen molar-refractivity contribution in [3.8, 4) is 11.5 Å². The predicted molar refractivity (Wildman–Crippen MR) is 76.2 cm³/mol. The van der Waals surface area contributed by atoms with Gasteiger partial charge in [-0.15, -0.1) is 0 Å². The first-order valence-electron chi connectivity index (χ1n) is 6.29. The van der Waals surface area contributed by atoms with E-state index in [2.05, 4.69) is 4.98 Å². The van der Waals surface area contributed by atoms with Crippen molar-refractivity contribution in [3.63, 3.8) is 0 Å². The molecule has 0 unspecified atom stereocenters. The van der Waals surface area contributed by atoms with E-state index in [1.54, 1.807) is 25.2 Å². The molecule has 2 aromatic rings. The third kappa shape index (κ3) is 2.71. The fourth-order valence-electron chi connectivity index (χ4n) is 1.84. The van der Waals surface area contributed by atoms with E-state index in [0.29, 0.717) is 18.0 Å². The normalized spacial score (nSPS) is 10.1. The second-order valence-electron chi connectivity index (χ2n) is 4.14. The maximum absolute atomic E-state index is 12.4. The fraction of sp³-hybridized carbons (Fsp3) is 0.200. The van der Waals surface area contributed by atoms with Crippen LogP contribution in [0.25, 0.3) is 0 Å². The first kappa shape index (κ1) is 13.9. The van der Waals surface area contributed by atoms with Gasteiger partial charge in [-0.3, -0.25) is 4.79 Å². The minimum absolute atomic E-state index is 0.0151. The number of carbonyl (C=O) groups excluding carboxylic acids is 1. The third-order valence-corrected chi connectivity index (χ3v) is 2.82. The predicted octanol–water partition coefficient (Wildman–Crippen LogP) is 2.46. The van der Waals surface area contributed by atoms with Crippen molar-refractivity contribution in [2.75, 3.05) is 18.6 Å². The number of aromatic hydroxyl groups is 1. The van der Waals surface area contributed by atoms with Gasteiger partial charge in [0.05, 0.1) is 12.3 Å². The quantitative estimate of drug-likeness (QED) is 0.928. The molecule has 1 amide bonds. The van der Waals surface area contributed by atoms with Crippen molar-refractivity contribution < 1.29 is 14.6 Å². The average molecular weight is 272 g/mol. The highest BCUT2D eigenvalue weighted by molar-refractivity contribution is 6.06. The molecule has 0 aliphatic carbocycles. The van der Waals surface area contributed by atoms with Gasteiger partial charge in [0.25, 0.3) is 5.91 Å². The Balaban J connectivity index is 2.34. The summed E-state index contributed by atoms with van der Waals surface area (Å²) < 4.78 is 5.50. The number of aromatic nitrogens is 1. The van der Waals surface area contributed by atoms with Crippen molar-refractivity contribution in [3.05, 3.63) is 48.3 Å². The van der Waals surface area contributed by atoms with Gasteiger partial charge in [0.15, 0.2) is 5.69 Å². The molecule has 1 N–H and O–H groups in total. The Hall–Kier alpha value is -2.56. The van der Waals surface area contributed by atoms with E-state index in [4.69, 9.17) is 4.74 Å². The summed E-state index contributed by atoms with van der Waals surface area (Å²) >= 11 is 0. The summed E-state index contributed by atoms with van der Waals surface area (Å²) in [6, 6.07) is 10.2. The molecular weight excluding hydrogens is 256 g/mol. The largest absolute Gasteiger partial charge is 0.505 e. The highest BCUT2D eigenvalue weighted by Gasteiger charge is 2.20. The summed E-state index contributed by atoms with van der Waals surface area (Å²) in [5, 5.41) is 9.71. The van der Waals surface area contributed by atoms with Gasteiger partial charge in [0, 0.05) is 13.2 Å². The number of carbonyl (C=O) groups is 1. The topological polar surface area (TPSA) is 62.7 Å². The fourth-order valence-corrected chi connectivity index (χ4v) is 1.84. The first-order valence-corrected chi connectivity index (χ1v) is 6.29. The van der Waals surface area contributed by atoms with Crippen LogP contribution in [0, 0.1) is 0 Å². The number of rotatable bonds is 4. The molecule has 0 spiro atoms. The summed E-state index contributed by atoms with van der Waals surface area (Å²) in [5.41, 5.74) is 0.644.